The molecule has 10 heteroatoms. The third-order valence-corrected chi connectivity index (χ3v) is 6.89. The molecule has 0 bridgehead atoms. The van der Waals surface area contributed by atoms with Gasteiger partial charge in [0, 0.05) is 18.0 Å². The van der Waals surface area contributed by atoms with Crippen LogP contribution in [0, 0.1) is 5.92 Å². The van der Waals surface area contributed by atoms with Gasteiger partial charge in [0.2, 0.25) is 5.91 Å². The summed E-state index contributed by atoms with van der Waals surface area (Å²) in [4.78, 5) is 41.2. The molecule has 1 fully saturated rings. The minimum Gasteiger partial charge on any atom is -0.497 e. The molecular weight excluding hydrogens is 486 g/mol. The second-order valence-electron chi connectivity index (χ2n) is 9.56. The molecule has 0 atom stereocenters. The molecule has 0 saturated carbocycles. The topological polar surface area (TPSA) is 115 Å². The van der Waals surface area contributed by atoms with E-state index in [1.54, 1.807) is 42.5 Å². The molecule has 0 spiro atoms. The van der Waals surface area contributed by atoms with Crippen molar-refractivity contribution < 1.29 is 19.1 Å². The van der Waals surface area contributed by atoms with Crippen molar-refractivity contribution in [1.82, 2.24) is 25.3 Å². The van der Waals surface area contributed by atoms with Gasteiger partial charge in [0.25, 0.3) is 11.5 Å². The second kappa shape index (κ2) is 12.6. The van der Waals surface area contributed by atoms with Gasteiger partial charge in [-0.05, 0) is 63.0 Å². The van der Waals surface area contributed by atoms with E-state index in [0.717, 1.165) is 36.7 Å². The fourth-order valence-electron chi connectivity index (χ4n) is 4.60. The highest BCUT2D eigenvalue weighted by Crippen LogP contribution is 2.27. The molecule has 1 saturated heterocycles. The van der Waals surface area contributed by atoms with E-state index in [2.05, 4.69) is 27.6 Å². The summed E-state index contributed by atoms with van der Waals surface area (Å²) in [6.45, 7) is 5.80. The number of piperidine rings is 1. The quantitative estimate of drug-likeness (QED) is 0.394. The van der Waals surface area contributed by atoms with Gasteiger partial charge in [-0.3, -0.25) is 14.4 Å². The van der Waals surface area contributed by atoms with Gasteiger partial charge in [-0.25, -0.2) is 0 Å². The maximum Gasteiger partial charge on any atom is 0.279 e. The number of carbonyl (C=O) groups excluding carboxylic acids is 2. The van der Waals surface area contributed by atoms with Crippen LogP contribution in [-0.2, 0) is 4.79 Å². The highest BCUT2D eigenvalue weighted by Gasteiger charge is 2.20. The Morgan fingerprint density at radius 1 is 1.03 bits per heavy atom. The molecule has 2 amide bonds. The Balaban J connectivity index is 1.45. The van der Waals surface area contributed by atoms with Crippen LogP contribution in [0.2, 0.25) is 0 Å². The molecular formula is C28H35N5O5. The number of amides is 2. The SMILES string of the molecule is COc1ccc(-n2nc(C(=O)NCC(=O)NCCCN3CCC(C)CC3)c3ccccc3c2=O)c(OC)c1. The first-order valence-electron chi connectivity index (χ1n) is 12.9. The van der Waals surface area contributed by atoms with E-state index >= 15 is 0 Å². The molecule has 38 heavy (non-hydrogen) atoms. The molecule has 1 aliphatic heterocycles. The van der Waals surface area contributed by atoms with Crippen molar-refractivity contribution in [3.8, 4) is 17.2 Å². The molecule has 10 nitrogen and oxygen atoms in total. The van der Waals surface area contributed by atoms with E-state index in [1.165, 1.54) is 27.1 Å². The number of hydrogen-bond acceptors (Lipinski definition) is 7. The molecule has 2 N–H and O–H groups in total. The van der Waals surface area contributed by atoms with Gasteiger partial charge < -0.3 is 25.0 Å². The molecule has 1 aliphatic rings. The largest absolute Gasteiger partial charge is 0.497 e. The number of carbonyl (C=O) groups is 2. The lowest BCUT2D eigenvalue weighted by atomic mass is 9.99. The Hall–Kier alpha value is -3.92. The highest BCUT2D eigenvalue weighted by molar-refractivity contribution is 6.05. The normalized spacial score (nSPS) is 14.3. The van der Waals surface area contributed by atoms with Crippen LogP contribution in [-0.4, -0.2) is 73.4 Å². The summed E-state index contributed by atoms with van der Waals surface area (Å²) >= 11 is 0. The van der Waals surface area contributed by atoms with Crippen LogP contribution in [0.5, 0.6) is 11.5 Å². The zero-order valence-corrected chi connectivity index (χ0v) is 22.2. The maximum absolute atomic E-state index is 13.3. The smallest absolute Gasteiger partial charge is 0.279 e. The molecule has 2 heterocycles. The Morgan fingerprint density at radius 2 is 1.76 bits per heavy atom. The molecule has 3 aromatic rings. The zero-order valence-electron chi connectivity index (χ0n) is 22.2. The van der Waals surface area contributed by atoms with Crippen molar-refractivity contribution in [3.05, 3.63) is 58.5 Å². The number of likely N-dealkylation sites (tertiary alicyclic amines) is 1. The van der Waals surface area contributed by atoms with Crippen molar-refractivity contribution in [2.45, 2.75) is 26.2 Å². The number of aromatic nitrogens is 2. The molecule has 4 rings (SSSR count). The number of benzene rings is 2. The van der Waals surface area contributed by atoms with E-state index in [1.807, 2.05) is 0 Å². The van der Waals surface area contributed by atoms with Gasteiger partial charge in [0.05, 0.1) is 26.2 Å². The van der Waals surface area contributed by atoms with Crippen molar-refractivity contribution in [3.63, 3.8) is 0 Å². The lowest BCUT2D eigenvalue weighted by molar-refractivity contribution is -0.120. The second-order valence-corrected chi connectivity index (χ2v) is 9.56. The van der Waals surface area contributed by atoms with Crippen LogP contribution in [0.25, 0.3) is 16.5 Å². The fraction of sp³-hybridized carbons (Fsp3) is 0.429. The average Bonchev–Trinajstić information content (AvgIpc) is 2.95. The standard InChI is InChI=1S/C28H35N5O5/c1-19-11-15-32(16-12-19)14-6-13-29-25(34)18-30-27(35)26-21-7-4-5-8-22(21)28(36)33(31-26)23-10-9-20(37-2)17-24(23)38-3/h4-5,7-10,17,19H,6,11-16,18H2,1-3H3,(H,29,34)(H,30,35). The van der Waals surface area contributed by atoms with E-state index in [-0.39, 0.29) is 18.1 Å². The third kappa shape index (κ3) is 6.31. The summed E-state index contributed by atoms with van der Waals surface area (Å²) in [7, 11) is 3.01. The van der Waals surface area contributed by atoms with Gasteiger partial charge in [0.15, 0.2) is 5.69 Å². The molecule has 2 aromatic carbocycles. The number of ether oxygens (including phenoxy) is 2. The zero-order chi connectivity index (χ0) is 27.1. The van der Waals surface area contributed by atoms with Crippen LogP contribution in [0.4, 0.5) is 0 Å². The van der Waals surface area contributed by atoms with Gasteiger partial charge in [-0.1, -0.05) is 25.1 Å². The Bertz CT molecular complexity index is 1350. The van der Waals surface area contributed by atoms with Crippen LogP contribution in [0.1, 0.15) is 36.7 Å². The van der Waals surface area contributed by atoms with Crippen LogP contribution < -0.4 is 25.7 Å². The summed E-state index contributed by atoms with van der Waals surface area (Å²) < 4.78 is 11.8. The van der Waals surface area contributed by atoms with Crippen molar-refractivity contribution in [2.24, 2.45) is 5.92 Å². The van der Waals surface area contributed by atoms with Gasteiger partial charge in [0.1, 0.15) is 17.2 Å². The fourth-order valence-corrected chi connectivity index (χ4v) is 4.60. The Kier molecular flexibility index (Phi) is 8.96. The van der Waals surface area contributed by atoms with Crippen molar-refractivity contribution in [1.29, 1.82) is 0 Å². The Morgan fingerprint density at radius 3 is 2.47 bits per heavy atom. The summed E-state index contributed by atoms with van der Waals surface area (Å²) in [6.07, 6.45) is 3.30. The first-order chi connectivity index (χ1) is 18.4. The predicted molar refractivity (Wildman–Crippen MR) is 145 cm³/mol. The minimum atomic E-state index is -0.556. The van der Waals surface area contributed by atoms with E-state index in [4.69, 9.17) is 9.47 Å². The minimum absolute atomic E-state index is 0.0326. The third-order valence-electron chi connectivity index (χ3n) is 6.89. The number of fused-ring (bicyclic) bond motifs is 1. The van der Waals surface area contributed by atoms with Crippen LogP contribution in [0.15, 0.2) is 47.3 Å². The summed E-state index contributed by atoms with van der Waals surface area (Å²) in [5.74, 6) is 0.867. The van der Waals surface area contributed by atoms with Gasteiger partial charge in [-0.2, -0.15) is 9.78 Å². The highest BCUT2D eigenvalue weighted by atomic mass is 16.5. The van der Waals surface area contributed by atoms with E-state index in [0.29, 0.717) is 34.5 Å². The molecule has 0 radical (unpaired) electrons. The first-order valence-corrected chi connectivity index (χ1v) is 12.9. The van der Waals surface area contributed by atoms with E-state index < -0.39 is 11.5 Å². The maximum atomic E-state index is 13.3. The van der Waals surface area contributed by atoms with Crippen molar-refractivity contribution >= 4 is 22.6 Å². The molecule has 202 valence electrons. The average molecular weight is 522 g/mol. The number of hydrogen-bond donors (Lipinski definition) is 2. The summed E-state index contributed by atoms with van der Waals surface area (Å²) in [5, 5.41) is 10.6. The summed E-state index contributed by atoms with van der Waals surface area (Å²) in [5.41, 5.74) is -0.00858. The molecule has 0 unspecified atom stereocenters. The monoisotopic (exact) mass is 521 g/mol. The molecule has 1 aromatic heterocycles. The van der Waals surface area contributed by atoms with E-state index in [9.17, 15) is 14.4 Å². The van der Waals surface area contributed by atoms with Gasteiger partial charge in [-0.15, -0.1) is 0 Å². The predicted octanol–water partition coefficient (Wildman–Crippen LogP) is 2.37. The number of rotatable bonds is 10. The molecule has 0 aliphatic carbocycles. The first kappa shape index (κ1) is 27.1. The number of nitrogens with zero attached hydrogens (tertiary/aromatic N) is 3. The number of methoxy groups -OCH3 is 2. The van der Waals surface area contributed by atoms with Gasteiger partial charge >= 0.3 is 0 Å². The van der Waals surface area contributed by atoms with Crippen LogP contribution >= 0.6 is 0 Å². The lowest BCUT2D eigenvalue weighted by Crippen LogP contribution is -2.39. The Labute approximate surface area is 221 Å². The van der Waals surface area contributed by atoms with Crippen molar-refractivity contribution in [2.75, 3.05) is 46.9 Å². The summed E-state index contributed by atoms with van der Waals surface area (Å²) in [6, 6.07) is 11.7. The lowest BCUT2D eigenvalue weighted by Gasteiger charge is -2.30. The number of nitrogens with one attached hydrogen (secondary N) is 2. The van der Waals surface area contributed by atoms with Crippen LogP contribution in [0.3, 0.4) is 0 Å².